The van der Waals surface area contributed by atoms with Crippen molar-refractivity contribution in [3.05, 3.63) is 76.2 Å². The molecule has 0 atom stereocenters. The van der Waals surface area contributed by atoms with Crippen LogP contribution in [0.25, 0.3) is 17.0 Å². The first-order valence-corrected chi connectivity index (χ1v) is 7.92. The van der Waals surface area contributed by atoms with Gasteiger partial charge in [-0.1, -0.05) is 24.3 Å². The summed E-state index contributed by atoms with van der Waals surface area (Å²) in [6.45, 7) is 0. The molecule has 136 valence electrons. The first-order valence-electron chi connectivity index (χ1n) is 7.92. The molecular weight excluding hydrogens is 350 g/mol. The lowest BCUT2D eigenvalue weighted by Gasteiger charge is -2.05. The number of fused-ring (bicyclic) bond motifs is 1. The van der Waals surface area contributed by atoms with E-state index < -0.39 is 28.8 Å². The third kappa shape index (κ3) is 3.87. The fraction of sp³-hybridized carbons (Fsp3) is 0.0500. The number of carbonyl (C=O) groups is 2. The Morgan fingerprint density at radius 1 is 1.11 bits per heavy atom. The molecule has 3 aromatic rings. The summed E-state index contributed by atoms with van der Waals surface area (Å²) in [5.74, 6) is -1.66. The van der Waals surface area contributed by atoms with E-state index in [0.717, 1.165) is 6.08 Å². The molecule has 7 nitrogen and oxygen atoms in total. The highest BCUT2D eigenvalue weighted by Crippen LogP contribution is 2.25. The minimum absolute atomic E-state index is 0.141. The van der Waals surface area contributed by atoms with Crippen molar-refractivity contribution in [1.82, 2.24) is 5.32 Å². The van der Waals surface area contributed by atoms with Crippen LogP contribution in [0.5, 0.6) is 11.5 Å². The van der Waals surface area contributed by atoms with E-state index in [1.165, 1.54) is 18.2 Å². The van der Waals surface area contributed by atoms with E-state index in [0.29, 0.717) is 11.3 Å². The summed E-state index contributed by atoms with van der Waals surface area (Å²) in [5.41, 5.74) is -0.802. The molecule has 0 aliphatic rings. The van der Waals surface area contributed by atoms with Gasteiger partial charge in [-0.2, -0.15) is 0 Å². The Balaban J connectivity index is 1.78. The summed E-state index contributed by atoms with van der Waals surface area (Å²) < 4.78 is 10.0. The van der Waals surface area contributed by atoms with E-state index in [9.17, 15) is 19.5 Å². The first kappa shape index (κ1) is 17.9. The maximum Gasteiger partial charge on any atom is 0.353 e. The van der Waals surface area contributed by atoms with Gasteiger partial charge in [-0.15, -0.1) is 0 Å². The Kier molecular flexibility index (Phi) is 5.03. The van der Waals surface area contributed by atoms with Gasteiger partial charge in [-0.25, -0.2) is 4.79 Å². The number of carbonyl (C=O) groups excluding carboxylic acids is 2. The summed E-state index contributed by atoms with van der Waals surface area (Å²) in [5, 5.41) is 12.4. The molecule has 0 saturated heterocycles. The zero-order valence-electron chi connectivity index (χ0n) is 14.3. The standard InChI is InChI=1S/C20H15NO6/c1-26-13-9-6-12(7-10-13)8-11-16(22)21-19(24)17-18(23)14-4-2-3-5-15(14)27-20(17)25/h2-11,23H,1H3,(H,21,22,24). The van der Waals surface area contributed by atoms with Gasteiger partial charge in [-0.05, 0) is 35.9 Å². The second-order valence-corrected chi connectivity index (χ2v) is 5.53. The van der Waals surface area contributed by atoms with Gasteiger partial charge in [0.25, 0.3) is 11.8 Å². The minimum atomic E-state index is -1.05. The normalized spacial score (nSPS) is 10.9. The van der Waals surface area contributed by atoms with Crippen molar-refractivity contribution in [2.24, 2.45) is 0 Å². The summed E-state index contributed by atoms with van der Waals surface area (Å²) in [6, 6.07) is 13.1. The van der Waals surface area contributed by atoms with Gasteiger partial charge >= 0.3 is 5.63 Å². The van der Waals surface area contributed by atoms with E-state index in [4.69, 9.17) is 9.15 Å². The SMILES string of the molecule is COc1ccc(C=CC(=O)NC(=O)c2c(O)c3ccccc3oc2=O)cc1. The molecule has 2 N–H and O–H groups in total. The van der Waals surface area contributed by atoms with Gasteiger partial charge in [0, 0.05) is 6.08 Å². The lowest BCUT2D eigenvalue weighted by atomic mass is 10.1. The molecule has 0 fully saturated rings. The molecule has 0 spiro atoms. The van der Waals surface area contributed by atoms with Crippen LogP contribution in [0, 0.1) is 0 Å². The predicted molar refractivity (Wildman–Crippen MR) is 98.7 cm³/mol. The quantitative estimate of drug-likeness (QED) is 0.543. The summed E-state index contributed by atoms with van der Waals surface area (Å²) in [4.78, 5) is 36.2. The summed E-state index contributed by atoms with van der Waals surface area (Å²) in [6.07, 6.45) is 2.63. The maximum atomic E-state index is 12.2. The monoisotopic (exact) mass is 365 g/mol. The zero-order valence-corrected chi connectivity index (χ0v) is 14.3. The van der Waals surface area contributed by atoms with Crippen LogP contribution >= 0.6 is 0 Å². The van der Waals surface area contributed by atoms with Crippen LogP contribution in [0.1, 0.15) is 15.9 Å². The van der Waals surface area contributed by atoms with Crippen LogP contribution in [0.3, 0.4) is 0 Å². The number of hydrogen-bond acceptors (Lipinski definition) is 6. The largest absolute Gasteiger partial charge is 0.506 e. The van der Waals surface area contributed by atoms with Crippen molar-refractivity contribution in [2.75, 3.05) is 7.11 Å². The Bertz CT molecular complexity index is 1100. The molecule has 7 heteroatoms. The molecule has 0 radical (unpaired) electrons. The Morgan fingerprint density at radius 2 is 1.81 bits per heavy atom. The molecule has 2 amide bonds. The molecule has 0 bridgehead atoms. The average Bonchev–Trinajstić information content (AvgIpc) is 2.66. The molecule has 2 aromatic carbocycles. The van der Waals surface area contributed by atoms with Gasteiger partial charge in [0.15, 0.2) is 5.56 Å². The predicted octanol–water partition coefficient (Wildman–Crippen LogP) is 2.48. The number of hydrogen-bond donors (Lipinski definition) is 2. The average molecular weight is 365 g/mol. The summed E-state index contributed by atoms with van der Waals surface area (Å²) in [7, 11) is 1.54. The maximum absolute atomic E-state index is 12.2. The second kappa shape index (κ2) is 7.57. The Hall–Kier alpha value is -3.87. The van der Waals surface area contributed by atoms with Crippen LogP contribution in [0.2, 0.25) is 0 Å². The fourth-order valence-corrected chi connectivity index (χ4v) is 2.44. The van der Waals surface area contributed by atoms with E-state index >= 15 is 0 Å². The van der Waals surface area contributed by atoms with E-state index in [1.54, 1.807) is 43.5 Å². The van der Waals surface area contributed by atoms with Crippen LogP contribution in [-0.2, 0) is 4.79 Å². The number of rotatable bonds is 4. The fourth-order valence-electron chi connectivity index (χ4n) is 2.44. The van der Waals surface area contributed by atoms with Crippen molar-refractivity contribution in [2.45, 2.75) is 0 Å². The second-order valence-electron chi connectivity index (χ2n) is 5.53. The number of imide groups is 1. The topological polar surface area (TPSA) is 106 Å². The number of ether oxygens (including phenoxy) is 1. The van der Waals surface area contributed by atoms with Crippen molar-refractivity contribution >= 4 is 28.9 Å². The Morgan fingerprint density at radius 3 is 2.52 bits per heavy atom. The van der Waals surface area contributed by atoms with Crippen LogP contribution in [0.4, 0.5) is 0 Å². The Labute approximate surface area is 153 Å². The molecule has 1 heterocycles. The highest BCUT2D eigenvalue weighted by atomic mass is 16.5. The van der Waals surface area contributed by atoms with E-state index in [-0.39, 0.29) is 11.0 Å². The van der Waals surface area contributed by atoms with Crippen LogP contribution in [-0.4, -0.2) is 24.0 Å². The zero-order chi connectivity index (χ0) is 19.4. The number of benzene rings is 2. The van der Waals surface area contributed by atoms with E-state index in [1.807, 2.05) is 5.32 Å². The van der Waals surface area contributed by atoms with Crippen molar-refractivity contribution in [1.29, 1.82) is 0 Å². The number of amides is 2. The molecule has 3 rings (SSSR count). The van der Waals surface area contributed by atoms with Crippen LogP contribution < -0.4 is 15.7 Å². The van der Waals surface area contributed by atoms with Gasteiger partial charge in [0.2, 0.25) is 0 Å². The lowest BCUT2D eigenvalue weighted by Crippen LogP contribution is -2.32. The van der Waals surface area contributed by atoms with Crippen LogP contribution in [0.15, 0.2) is 63.8 Å². The number of aromatic hydroxyl groups is 1. The van der Waals surface area contributed by atoms with Gasteiger partial charge < -0.3 is 14.3 Å². The summed E-state index contributed by atoms with van der Waals surface area (Å²) >= 11 is 0. The number of methoxy groups -OCH3 is 1. The van der Waals surface area contributed by atoms with Crippen molar-refractivity contribution < 1.29 is 23.8 Å². The highest BCUT2D eigenvalue weighted by molar-refractivity contribution is 6.11. The molecule has 0 aliphatic heterocycles. The lowest BCUT2D eigenvalue weighted by molar-refractivity contribution is -0.115. The minimum Gasteiger partial charge on any atom is -0.506 e. The van der Waals surface area contributed by atoms with Gasteiger partial charge in [0.05, 0.1) is 12.5 Å². The van der Waals surface area contributed by atoms with Gasteiger partial charge in [-0.3, -0.25) is 14.9 Å². The number of nitrogens with one attached hydrogen (secondary N) is 1. The molecule has 0 unspecified atom stereocenters. The number of para-hydroxylation sites is 1. The third-order valence-electron chi connectivity index (χ3n) is 3.79. The molecular formula is C20H15NO6. The third-order valence-corrected chi connectivity index (χ3v) is 3.79. The van der Waals surface area contributed by atoms with Gasteiger partial charge in [0.1, 0.15) is 17.1 Å². The smallest absolute Gasteiger partial charge is 0.353 e. The molecule has 1 aromatic heterocycles. The molecule has 0 saturated carbocycles. The first-order chi connectivity index (χ1) is 13.0. The van der Waals surface area contributed by atoms with Crippen molar-refractivity contribution in [3.63, 3.8) is 0 Å². The molecule has 0 aliphatic carbocycles. The molecule has 27 heavy (non-hydrogen) atoms. The highest BCUT2D eigenvalue weighted by Gasteiger charge is 2.21. The van der Waals surface area contributed by atoms with E-state index in [2.05, 4.69) is 0 Å². The van der Waals surface area contributed by atoms with Crippen molar-refractivity contribution in [3.8, 4) is 11.5 Å².